The molecule has 5 heteroatoms. The fraction of sp³-hybridized carbons (Fsp3) is 0.421. The van der Waals surface area contributed by atoms with Crippen LogP contribution >= 0.6 is 0 Å². The normalized spacial score (nSPS) is 30.4. The minimum Gasteiger partial charge on any atom is -0.465 e. The third kappa shape index (κ3) is 2.44. The van der Waals surface area contributed by atoms with Crippen LogP contribution in [0.15, 0.2) is 43.0 Å². The first kappa shape index (κ1) is 16.4. The van der Waals surface area contributed by atoms with Crippen LogP contribution in [0.1, 0.15) is 23.7 Å². The van der Waals surface area contributed by atoms with E-state index < -0.39 is 17.4 Å². The average Bonchev–Trinajstić information content (AvgIpc) is 3.18. The number of ketones is 1. The Labute approximate surface area is 140 Å². The van der Waals surface area contributed by atoms with Crippen LogP contribution in [0.3, 0.4) is 0 Å². The molecular weight excluding hydrogens is 308 g/mol. The Balaban J connectivity index is 1.68. The molecule has 3 rings (SSSR count). The van der Waals surface area contributed by atoms with E-state index in [1.165, 1.54) is 6.08 Å². The highest BCUT2D eigenvalue weighted by Crippen LogP contribution is 2.69. The molecule has 0 unspecified atom stereocenters. The lowest BCUT2D eigenvalue weighted by Gasteiger charge is -2.19. The Bertz CT molecular complexity index is 680. The molecule has 0 saturated heterocycles. The van der Waals surface area contributed by atoms with Crippen LogP contribution in [0.2, 0.25) is 0 Å². The number of hydrogen-bond donors (Lipinski definition) is 0. The topological polar surface area (TPSA) is 69.7 Å². The van der Waals surface area contributed by atoms with E-state index in [0.717, 1.165) is 0 Å². The maximum atomic E-state index is 12.3. The van der Waals surface area contributed by atoms with E-state index in [0.29, 0.717) is 12.0 Å². The maximum absolute atomic E-state index is 12.3. The molecule has 2 fully saturated rings. The van der Waals surface area contributed by atoms with Crippen molar-refractivity contribution in [2.45, 2.75) is 13.3 Å². The first-order valence-electron chi connectivity index (χ1n) is 8.12. The monoisotopic (exact) mass is 328 g/mol. The summed E-state index contributed by atoms with van der Waals surface area (Å²) in [5, 5.41) is 0. The fourth-order valence-electron chi connectivity index (χ4n) is 3.94. The Morgan fingerprint density at radius 1 is 1.29 bits per heavy atom. The molecular formula is C19H20O5. The van der Waals surface area contributed by atoms with Gasteiger partial charge in [0, 0.05) is 18.3 Å². The molecule has 2 aliphatic carbocycles. The summed E-state index contributed by atoms with van der Waals surface area (Å²) in [5.74, 6) is -1.53. The van der Waals surface area contributed by atoms with Crippen molar-refractivity contribution in [3.05, 3.63) is 48.6 Å². The van der Waals surface area contributed by atoms with Crippen LogP contribution in [-0.2, 0) is 19.1 Å². The van der Waals surface area contributed by atoms with Gasteiger partial charge in [-0.15, -0.1) is 6.58 Å². The van der Waals surface area contributed by atoms with Gasteiger partial charge in [-0.05, 0) is 25.0 Å². The van der Waals surface area contributed by atoms with Crippen molar-refractivity contribution in [3.8, 4) is 0 Å². The number of hydrogen-bond acceptors (Lipinski definition) is 5. The van der Waals surface area contributed by atoms with E-state index in [-0.39, 0.29) is 36.8 Å². The fourth-order valence-corrected chi connectivity index (χ4v) is 3.94. The van der Waals surface area contributed by atoms with Crippen LogP contribution in [0.25, 0.3) is 0 Å². The molecule has 0 bridgehead atoms. The summed E-state index contributed by atoms with van der Waals surface area (Å²) in [6.45, 7) is 5.84. The van der Waals surface area contributed by atoms with Crippen molar-refractivity contribution in [3.63, 3.8) is 0 Å². The first-order chi connectivity index (χ1) is 11.6. The smallest absolute Gasteiger partial charge is 0.338 e. The summed E-state index contributed by atoms with van der Waals surface area (Å²) in [7, 11) is 0. The second-order valence-electron chi connectivity index (χ2n) is 6.26. The van der Waals surface area contributed by atoms with E-state index in [4.69, 9.17) is 9.47 Å². The van der Waals surface area contributed by atoms with Crippen LogP contribution in [0.4, 0.5) is 0 Å². The van der Waals surface area contributed by atoms with Crippen molar-refractivity contribution < 1.29 is 23.9 Å². The molecule has 0 aromatic heterocycles. The molecule has 1 aromatic rings. The van der Waals surface area contributed by atoms with E-state index in [9.17, 15) is 14.4 Å². The van der Waals surface area contributed by atoms with Gasteiger partial charge >= 0.3 is 11.9 Å². The number of Topliss-reactive ketones (excluding diaryl/α,β-unsaturated/α-hetero) is 1. The Morgan fingerprint density at radius 2 is 2.00 bits per heavy atom. The molecule has 0 aliphatic heterocycles. The van der Waals surface area contributed by atoms with Crippen LogP contribution in [-0.4, -0.2) is 30.9 Å². The number of ether oxygens (including phenoxy) is 2. The molecule has 2 aliphatic rings. The predicted molar refractivity (Wildman–Crippen MR) is 86.1 cm³/mol. The molecule has 126 valence electrons. The van der Waals surface area contributed by atoms with Crippen molar-refractivity contribution in [1.29, 1.82) is 0 Å². The molecule has 0 heterocycles. The number of benzene rings is 1. The lowest BCUT2D eigenvalue weighted by atomic mass is 9.89. The van der Waals surface area contributed by atoms with Gasteiger partial charge in [0.2, 0.25) is 0 Å². The molecule has 2 saturated carbocycles. The van der Waals surface area contributed by atoms with Crippen molar-refractivity contribution in [2.75, 3.05) is 13.2 Å². The second kappa shape index (κ2) is 6.23. The standard InChI is InChI=1S/C19H20O5/c1-3-19(18(22)23-4-2)15-13(10-14(20)16(15)19)11-24-17(21)12-8-6-5-7-9-12/h3,5-9,13,15-16H,1,4,10-11H2,2H3/t13-,15-,16+,19+/m0/s1. The highest BCUT2D eigenvalue weighted by molar-refractivity contribution is 5.99. The van der Waals surface area contributed by atoms with E-state index in [1.807, 2.05) is 6.07 Å². The van der Waals surface area contributed by atoms with E-state index >= 15 is 0 Å². The minimum atomic E-state index is -0.935. The average molecular weight is 328 g/mol. The largest absolute Gasteiger partial charge is 0.465 e. The van der Waals surface area contributed by atoms with Gasteiger partial charge in [0.15, 0.2) is 0 Å². The number of carbonyl (C=O) groups excluding carboxylic acids is 3. The summed E-state index contributed by atoms with van der Waals surface area (Å²) < 4.78 is 10.5. The Kier molecular flexibility index (Phi) is 4.26. The second-order valence-corrected chi connectivity index (χ2v) is 6.26. The van der Waals surface area contributed by atoms with Crippen LogP contribution < -0.4 is 0 Å². The van der Waals surface area contributed by atoms with Gasteiger partial charge in [-0.3, -0.25) is 9.59 Å². The van der Waals surface area contributed by atoms with Crippen molar-refractivity contribution in [1.82, 2.24) is 0 Å². The SMILES string of the molecule is C=C[C@@]1(C(=O)OCC)[C@H]2[C@H](COC(=O)c3ccccc3)CC(=O)[C@H]21. The molecule has 0 radical (unpaired) electrons. The Morgan fingerprint density at radius 3 is 2.62 bits per heavy atom. The third-order valence-electron chi connectivity index (χ3n) is 5.04. The van der Waals surface area contributed by atoms with Gasteiger partial charge in [0.05, 0.1) is 24.2 Å². The maximum Gasteiger partial charge on any atom is 0.338 e. The lowest BCUT2D eigenvalue weighted by molar-refractivity contribution is -0.150. The zero-order valence-corrected chi connectivity index (χ0v) is 13.6. The molecule has 4 atom stereocenters. The van der Waals surface area contributed by atoms with Gasteiger partial charge in [-0.25, -0.2) is 4.79 Å². The predicted octanol–water partition coefficient (Wildman–Crippen LogP) is 2.41. The number of fused-ring (bicyclic) bond motifs is 1. The lowest BCUT2D eigenvalue weighted by Crippen LogP contribution is -2.28. The summed E-state index contributed by atoms with van der Waals surface area (Å²) in [4.78, 5) is 36.5. The number of rotatable bonds is 6. The first-order valence-corrected chi connectivity index (χ1v) is 8.12. The third-order valence-corrected chi connectivity index (χ3v) is 5.04. The number of esters is 2. The molecule has 0 amide bonds. The summed E-state index contributed by atoms with van der Waals surface area (Å²) in [6, 6.07) is 8.69. The van der Waals surface area contributed by atoms with Crippen molar-refractivity contribution in [2.24, 2.45) is 23.2 Å². The van der Waals surface area contributed by atoms with Gasteiger partial charge in [-0.2, -0.15) is 0 Å². The van der Waals surface area contributed by atoms with Gasteiger partial charge < -0.3 is 9.47 Å². The molecule has 5 nitrogen and oxygen atoms in total. The Hall–Kier alpha value is -2.43. The van der Waals surface area contributed by atoms with Gasteiger partial charge in [-0.1, -0.05) is 24.3 Å². The van der Waals surface area contributed by atoms with E-state index in [1.54, 1.807) is 31.2 Å². The zero-order chi connectivity index (χ0) is 17.3. The molecule has 0 spiro atoms. The molecule has 24 heavy (non-hydrogen) atoms. The number of carbonyl (C=O) groups is 3. The van der Waals surface area contributed by atoms with Crippen LogP contribution in [0.5, 0.6) is 0 Å². The highest BCUT2D eigenvalue weighted by Gasteiger charge is 2.77. The summed E-state index contributed by atoms with van der Waals surface area (Å²) >= 11 is 0. The summed E-state index contributed by atoms with van der Waals surface area (Å²) in [5.41, 5.74) is -0.468. The van der Waals surface area contributed by atoms with Crippen molar-refractivity contribution >= 4 is 17.7 Å². The quantitative estimate of drug-likeness (QED) is 0.592. The molecule has 0 N–H and O–H groups in total. The highest BCUT2D eigenvalue weighted by atomic mass is 16.5. The zero-order valence-electron chi connectivity index (χ0n) is 13.6. The minimum absolute atomic E-state index is 0.0220. The molecule has 1 aromatic carbocycles. The van der Waals surface area contributed by atoms with E-state index in [2.05, 4.69) is 6.58 Å². The summed E-state index contributed by atoms with van der Waals surface area (Å²) in [6.07, 6.45) is 1.86. The van der Waals surface area contributed by atoms with Gasteiger partial charge in [0.1, 0.15) is 5.78 Å². The van der Waals surface area contributed by atoms with Gasteiger partial charge in [0.25, 0.3) is 0 Å². The van der Waals surface area contributed by atoms with Crippen LogP contribution in [0, 0.1) is 23.2 Å².